The van der Waals surface area contributed by atoms with Crippen molar-refractivity contribution >= 4 is 11.5 Å². The van der Waals surface area contributed by atoms with Gasteiger partial charge in [-0.1, -0.05) is 60.7 Å². The minimum Gasteiger partial charge on any atom is -0.380 e. The Labute approximate surface area is 190 Å². The van der Waals surface area contributed by atoms with E-state index in [1.54, 1.807) is 0 Å². The molecule has 3 heterocycles. The maximum Gasteiger partial charge on any atom is 0.151 e. The van der Waals surface area contributed by atoms with E-state index in [2.05, 4.69) is 87.5 Å². The molecular weight excluding hydrogens is 396 g/mol. The molecule has 0 radical (unpaired) electrons. The quantitative estimate of drug-likeness (QED) is 0.564. The van der Waals surface area contributed by atoms with Crippen molar-refractivity contribution in [3.05, 3.63) is 83.7 Å². The normalized spacial score (nSPS) is 18.9. The van der Waals surface area contributed by atoms with E-state index in [-0.39, 0.29) is 6.04 Å². The van der Waals surface area contributed by atoms with Gasteiger partial charge in [0.1, 0.15) is 0 Å². The van der Waals surface area contributed by atoms with Crippen LogP contribution in [0.25, 0.3) is 0 Å². The standard InChI is InChI=1S/C26H32N6/c1-3-7-20(8-4-1)13-16-32-19-24-25(31-32)26(29-22-11-14-27-15-12-22)30-23(18-28-24)17-21-9-5-2-6-10-21/h1-10,19,22-23,27-28H,11-18H2,(H,29,30). The molecule has 6 heteroatoms. The highest BCUT2D eigenvalue weighted by Crippen LogP contribution is 2.21. The van der Waals surface area contributed by atoms with Crippen molar-refractivity contribution in [3.63, 3.8) is 0 Å². The monoisotopic (exact) mass is 428 g/mol. The van der Waals surface area contributed by atoms with E-state index in [0.717, 1.165) is 69.1 Å². The third-order valence-corrected chi connectivity index (χ3v) is 6.29. The van der Waals surface area contributed by atoms with Crippen LogP contribution in [0.1, 0.15) is 29.7 Å². The number of anilines is 1. The zero-order valence-corrected chi connectivity index (χ0v) is 18.5. The summed E-state index contributed by atoms with van der Waals surface area (Å²) in [6, 6.07) is 21.8. The summed E-state index contributed by atoms with van der Waals surface area (Å²) in [6.45, 7) is 3.76. The number of aryl methyl sites for hydroxylation is 2. The largest absolute Gasteiger partial charge is 0.380 e. The Balaban J connectivity index is 1.36. The predicted octanol–water partition coefficient (Wildman–Crippen LogP) is 3.25. The number of rotatable bonds is 6. The van der Waals surface area contributed by atoms with Gasteiger partial charge in [0.05, 0.1) is 11.7 Å². The summed E-state index contributed by atoms with van der Waals surface area (Å²) in [5, 5.41) is 15.8. The Morgan fingerprint density at radius 3 is 2.41 bits per heavy atom. The molecule has 1 saturated heterocycles. The first-order valence-corrected chi connectivity index (χ1v) is 11.8. The summed E-state index contributed by atoms with van der Waals surface area (Å²) in [4.78, 5) is 5.18. The van der Waals surface area contributed by atoms with Gasteiger partial charge in [0, 0.05) is 25.3 Å². The minimum absolute atomic E-state index is 0.175. The van der Waals surface area contributed by atoms with Crippen LogP contribution in [0.2, 0.25) is 0 Å². The van der Waals surface area contributed by atoms with Crippen LogP contribution in [0.5, 0.6) is 0 Å². The third kappa shape index (κ3) is 5.19. The SMILES string of the molecule is c1ccc(CCn2cc3c(n2)C(NC2CCNCC2)=NC(Cc2ccccc2)CN3)cc1. The van der Waals surface area contributed by atoms with Crippen molar-refractivity contribution < 1.29 is 0 Å². The van der Waals surface area contributed by atoms with E-state index in [1.165, 1.54) is 11.1 Å². The molecule has 2 aromatic carbocycles. The molecule has 32 heavy (non-hydrogen) atoms. The third-order valence-electron chi connectivity index (χ3n) is 6.29. The predicted molar refractivity (Wildman–Crippen MR) is 130 cm³/mol. The van der Waals surface area contributed by atoms with Crippen LogP contribution in [0.3, 0.4) is 0 Å². The number of piperidine rings is 1. The van der Waals surface area contributed by atoms with Gasteiger partial charge in [0.2, 0.25) is 0 Å². The van der Waals surface area contributed by atoms with E-state index >= 15 is 0 Å². The highest BCUT2D eigenvalue weighted by atomic mass is 15.3. The maximum absolute atomic E-state index is 5.18. The molecule has 1 atom stereocenters. The molecule has 1 aromatic heterocycles. The number of fused-ring (bicyclic) bond motifs is 1. The van der Waals surface area contributed by atoms with Gasteiger partial charge in [0.15, 0.2) is 11.5 Å². The summed E-state index contributed by atoms with van der Waals surface area (Å²) in [5.74, 6) is 0.941. The maximum atomic E-state index is 5.18. The minimum atomic E-state index is 0.175. The van der Waals surface area contributed by atoms with Crippen LogP contribution in [0, 0.1) is 0 Å². The van der Waals surface area contributed by atoms with Crippen molar-refractivity contribution in [3.8, 4) is 0 Å². The van der Waals surface area contributed by atoms with E-state index < -0.39 is 0 Å². The molecule has 3 N–H and O–H groups in total. The van der Waals surface area contributed by atoms with Gasteiger partial charge < -0.3 is 16.0 Å². The second kappa shape index (κ2) is 10.0. The van der Waals surface area contributed by atoms with Gasteiger partial charge in [0.25, 0.3) is 0 Å². The zero-order chi connectivity index (χ0) is 21.6. The number of benzene rings is 2. The Kier molecular flexibility index (Phi) is 6.49. The lowest BCUT2D eigenvalue weighted by Crippen LogP contribution is -2.43. The summed E-state index contributed by atoms with van der Waals surface area (Å²) < 4.78 is 2.06. The molecule has 166 valence electrons. The second-order valence-electron chi connectivity index (χ2n) is 8.76. The highest BCUT2D eigenvalue weighted by molar-refractivity contribution is 6.02. The molecular formula is C26H32N6. The molecule has 0 bridgehead atoms. The second-order valence-corrected chi connectivity index (χ2v) is 8.76. The average molecular weight is 429 g/mol. The van der Waals surface area contributed by atoms with Gasteiger partial charge in [-0.3, -0.25) is 9.67 Å². The van der Waals surface area contributed by atoms with Gasteiger partial charge >= 0.3 is 0 Å². The van der Waals surface area contributed by atoms with E-state index in [4.69, 9.17) is 10.1 Å². The zero-order valence-electron chi connectivity index (χ0n) is 18.5. The Morgan fingerprint density at radius 1 is 0.938 bits per heavy atom. The Bertz CT molecular complexity index is 1020. The van der Waals surface area contributed by atoms with Gasteiger partial charge in [-0.15, -0.1) is 0 Å². The molecule has 3 aromatic rings. The molecule has 0 amide bonds. The van der Waals surface area contributed by atoms with Crippen molar-refractivity contribution in [1.82, 2.24) is 20.4 Å². The molecule has 0 spiro atoms. The molecule has 0 aliphatic carbocycles. The summed E-state index contributed by atoms with van der Waals surface area (Å²) >= 11 is 0. The molecule has 2 aliphatic rings. The average Bonchev–Trinajstić information content (AvgIpc) is 3.19. The van der Waals surface area contributed by atoms with Crippen molar-refractivity contribution in [2.75, 3.05) is 25.0 Å². The van der Waals surface area contributed by atoms with Crippen molar-refractivity contribution in [2.45, 2.75) is 44.3 Å². The summed E-state index contributed by atoms with van der Waals surface area (Å²) in [6.07, 6.45) is 6.25. The van der Waals surface area contributed by atoms with E-state index in [1.807, 2.05) is 0 Å². The molecule has 5 rings (SSSR count). The number of hydrogen-bond donors (Lipinski definition) is 3. The molecule has 2 aliphatic heterocycles. The van der Waals surface area contributed by atoms with E-state index in [9.17, 15) is 0 Å². The fraction of sp³-hybridized carbons (Fsp3) is 0.385. The van der Waals surface area contributed by atoms with Crippen LogP contribution < -0.4 is 16.0 Å². The number of amidine groups is 1. The lowest BCUT2D eigenvalue weighted by molar-refractivity contribution is 0.428. The van der Waals surface area contributed by atoms with Crippen LogP contribution in [-0.4, -0.2) is 47.3 Å². The first kappa shape index (κ1) is 20.8. The summed E-state index contributed by atoms with van der Waals surface area (Å²) in [7, 11) is 0. The number of nitrogens with one attached hydrogen (secondary N) is 3. The van der Waals surface area contributed by atoms with Crippen LogP contribution in [0.15, 0.2) is 71.9 Å². The van der Waals surface area contributed by atoms with Crippen molar-refractivity contribution in [2.24, 2.45) is 4.99 Å². The lowest BCUT2D eigenvalue weighted by Gasteiger charge is -2.25. The highest BCUT2D eigenvalue weighted by Gasteiger charge is 2.24. The fourth-order valence-electron chi connectivity index (χ4n) is 4.51. The number of nitrogens with zero attached hydrogens (tertiary/aromatic N) is 3. The first-order chi connectivity index (χ1) is 15.8. The fourth-order valence-corrected chi connectivity index (χ4v) is 4.51. The number of hydrogen-bond acceptors (Lipinski definition) is 5. The smallest absolute Gasteiger partial charge is 0.151 e. The molecule has 0 saturated carbocycles. The topological polar surface area (TPSA) is 66.3 Å². The Hall–Kier alpha value is -3.12. The van der Waals surface area contributed by atoms with Crippen LogP contribution in [0.4, 0.5) is 5.69 Å². The lowest BCUT2D eigenvalue weighted by atomic mass is 10.1. The van der Waals surface area contributed by atoms with Gasteiger partial charge in [-0.25, -0.2) is 0 Å². The van der Waals surface area contributed by atoms with Crippen LogP contribution in [-0.2, 0) is 19.4 Å². The first-order valence-electron chi connectivity index (χ1n) is 11.8. The molecule has 1 fully saturated rings. The van der Waals surface area contributed by atoms with Crippen molar-refractivity contribution in [1.29, 1.82) is 0 Å². The molecule has 1 unspecified atom stereocenters. The number of aromatic nitrogens is 2. The van der Waals surface area contributed by atoms with Crippen LogP contribution >= 0.6 is 0 Å². The number of aliphatic imine (C=N–C) groups is 1. The van der Waals surface area contributed by atoms with Gasteiger partial charge in [-0.2, -0.15) is 5.10 Å². The molecule has 6 nitrogen and oxygen atoms in total. The summed E-state index contributed by atoms with van der Waals surface area (Å²) in [5.41, 5.74) is 4.67. The van der Waals surface area contributed by atoms with E-state index in [0.29, 0.717) is 6.04 Å². The Morgan fingerprint density at radius 2 is 1.66 bits per heavy atom. The van der Waals surface area contributed by atoms with Gasteiger partial charge in [-0.05, 0) is 49.9 Å².